The Labute approximate surface area is 122 Å². The zero-order valence-electron chi connectivity index (χ0n) is 9.89. The lowest BCUT2D eigenvalue weighted by atomic mass is 10.4. The average Bonchev–Trinajstić information content (AvgIpc) is 3.06. The van der Waals surface area contributed by atoms with Crippen molar-refractivity contribution in [2.45, 2.75) is 11.7 Å². The van der Waals surface area contributed by atoms with E-state index < -0.39 is 14.3 Å². The Kier molecular flexibility index (Phi) is 3.27. The minimum absolute atomic E-state index is 0.00253. The van der Waals surface area contributed by atoms with Gasteiger partial charge in [0.25, 0.3) is 0 Å². The third kappa shape index (κ3) is 2.43. The van der Waals surface area contributed by atoms with Crippen molar-refractivity contribution in [2.75, 3.05) is 11.4 Å². The molecule has 0 aliphatic carbocycles. The van der Waals surface area contributed by atoms with E-state index in [0.29, 0.717) is 15.9 Å². The first-order valence-electron chi connectivity index (χ1n) is 5.56. The topological polar surface area (TPSA) is 93.4 Å². The molecule has 1 aliphatic rings. The first kappa shape index (κ1) is 13.5. The minimum Gasteiger partial charge on any atom is -0.462 e. The van der Waals surface area contributed by atoms with Gasteiger partial charge < -0.3 is 4.42 Å². The van der Waals surface area contributed by atoms with Crippen LogP contribution in [0, 0.1) is 0 Å². The Bertz CT molecular complexity index is 740. The molecule has 2 aromatic rings. The average molecular weight is 334 g/mol. The van der Waals surface area contributed by atoms with Crippen LogP contribution in [0.4, 0.5) is 5.13 Å². The smallest absolute Gasteiger partial charge is 0.237 e. The SMILES string of the molecule is O=C1CC(S(=O)(=O)Cl)CN1c1nnc(-c2ccco2)s1. The maximum absolute atomic E-state index is 11.8. The molecule has 1 unspecified atom stereocenters. The van der Waals surface area contributed by atoms with Crippen LogP contribution in [0.3, 0.4) is 0 Å². The van der Waals surface area contributed by atoms with Crippen LogP contribution in [0.2, 0.25) is 0 Å². The van der Waals surface area contributed by atoms with Gasteiger partial charge in [-0.1, -0.05) is 11.3 Å². The van der Waals surface area contributed by atoms with Crippen molar-refractivity contribution in [3.8, 4) is 10.8 Å². The van der Waals surface area contributed by atoms with Crippen molar-refractivity contribution in [1.29, 1.82) is 0 Å². The van der Waals surface area contributed by atoms with E-state index in [9.17, 15) is 13.2 Å². The number of carbonyl (C=O) groups excluding carboxylic acids is 1. The molecule has 1 amide bonds. The number of hydrogen-bond donors (Lipinski definition) is 0. The van der Waals surface area contributed by atoms with Crippen molar-refractivity contribution in [2.24, 2.45) is 0 Å². The van der Waals surface area contributed by atoms with Crippen molar-refractivity contribution in [1.82, 2.24) is 10.2 Å². The quantitative estimate of drug-likeness (QED) is 0.790. The molecular formula is C10H8ClN3O4S2. The summed E-state index contributed by atoms with van der Waals surface area (Å²) in [7, 11) is 1.52. The largest absolute Gasteiger partial charge is 0.462 e. The van der Waals surface area contributed by atoms with Gasteiger partial charge in [-0.15, -0.1) is 10.2 Å². The number of carbonyl (C=O) groups is 1. The van der Waals surface area contributed by atoms with E-state index >= 15 is 0 Å². The molecule has 106 valence electrons. The highest BCUT2D eigenvalue weighted by Crippen LogP contribution is 2.32. The number of hydrogen-bond acceptors (Lipinski definition) is 7. The minimum atomic E-state index is -3.77. The van der Waals surface area contributed by atoms with Crippen LogP contribution in [0.5, 0.6) is 0 Å². The molecule has 20 heavy (non-hydrogen) atoms. The maximum Gasteiger partial charge on any atom is 0.237 e. The summed E-state index contributed by atoms with van der Waals surface area (Å²) in [6, 6.07) is 3.44. The standard InChI is InChI=1S/C10H8ClN3O4S2/c11-20(16,17)6-4-8(15)14(5-6)10-13-12-9(19-10)7-2-1-3-18-7/h1-3,6H,4-5H2. The first-order chi connectivity index (χ1) is 9.45. The Balaban J connectivity index is 1.86. The summed E-state index contributed by atoms with van der Waals surface area (Å²) in [4.78, 5) is 13.1. The fraction of sp³-hybridized carbons (Fsp3) is 0.300. The highest BCUT2D eigenvalue weighted by atomic mass is 35.7. The van der Waals surface area contributed by atoms with Crippen molar-refractivity contribution < 1.29 is 17.6 Å². The van der Waals surface area contributed by atoms with Crippen LogP contribution < -0.4 is 4.90 Å². The molecule has 0 spiro atoms. The van der Waals surface area contributed by atoms with E-state index in [1.165, 1.54) is 11.2 Å². The third-order valence-corrected chi connectivity index (χ3v) is 5.69. The molecule has 0 radical (unpaired) electrons. The van der Waals surface area contributed by atoms with Crippen molar-refractivity contribution >= 4 is 42.1 Å². The molecule has 10 heteroatoms. The second-order valence-electron chi connectivity index (χ2n) is 4.17. The molecule has 1 fully saturated rings. The molecule has 0 bridgehead atoms. The summed E-state index contributed by atoms with van der Waals surface area (Å²) >= 11 is 1.16. The van der Waals surface area contributed by atoms with E-state index in [-0.39, 0.29) is 18.9 Å². The van der Waals surface area contributed by atoms with Crippen molar-refractivity contribution in [3.05, 3.63) is 18.4 Å². The fourth-order valence-corrected chi connectivity index (χ4v) is 3.74. The zero-order valence-corrected chi connectivity index (χ0v) is 12.3. The maximum atomic E-state index is 11.8. The number of rotatable bonds is 3. The Morgan fingerprint density at radius 2 is 2.25 bits per heavy atom. The number of furan rings is 1. The monoisotopic (exact) mass is 333 g/mol. The number of aromatic nitrogens is 2. The molecule has 1 saturated heterocycles. The lowest BCUT2D eigenvalue weighted by Crippen LogP contribution is -2.26. The van der Waals surface area contributed by atoms with Gasteiger partial charge in [0, 0.05) is 23.6 Å². The predicted octanol–water partition coefficient (Wildman–Crippen LogP) is 1.47. The van der Waals surface area contributed by atoms with E-state index in [4.69, 9.17) is 15.1 Å². The highest BCUT2D eigenvalue weighted by Gasteiger charge is 2.39. The fourth-order valence-electron chi connectivity index (χ4n) is 1.87. The lowest BCUT2D eigenvalue weighted by Gasteiger charge is -2.10. The van der Waals surface area contributed by atoms with Gasteiger partial charge in [0.2, 0.25) is 20.1 Å². The lowest BCUT2D eigenvalue weighted by molar-refractivity contribution is -0.117. The summed E-state index contributed by atoms with van der Waals surface area (Å²) in [5.74, 6) is 0.211. The Morgan fingerprint density at radius 1 is 1.45 bits per heavy atom. The van der Waals surface area contributed by atoms with E-state index in [1.807, 2.05) is 0 Å². The summed E-state index contributed by atoms with van der Waals surface area (Å²) in [6.07, 6.45) is 1.37. The van der Waals surface area contributed by atoms with Crippen LogP contribution in [0.15, 0.2) is 22.8 Å². The zero-order chi connectivity index (χ0) is 14.3. The summed E-state index contributed by atoms with van der Waals surface area (Å²) in [5.41, 5.74) is 0. The summed E-state index contributed by atoms with van der Waals surface area (Å²) < 4.78 is 27.8. The van der Waals surface area contributed by atoms with Gasteiger partial charge in [-0.3, -0.25) is 9.69 Å². The Morgan fingerprint density at radius 3 is 2.85 bits per heavy atom. The van der Waals surface area contributed by atoms with Crippen molar-refractivity contribution in [3.63, 3.8) is 0 Å². The third-order valence-electron chi connectivity index (χ3n) is 2.86. The Hall–Kier alpha value is -1.45. The molecule has 3 rings (SSSR count). The molecule has 1 atom stereocenters. The number of halogens is 1. The van der Waals surface area contributed by atoms with E-state index in [1.54, 1.807) is 12.1 Å². The van der Waals surface area contributed by atoms with Gasteiger partial charge in [-0.05, 0) is 12.1 Å². The van der Waals surface area contributed by atoms with Crippen LogP contribution >= 0.6 is 22.0 Å². The van der Waals surface area contributed by atoms with Crippen LogP contribution in [0.1, 0.15) is 6.42 Å². The molecule has 3 heterocycles. The number of amides is 1. The molecule has 7 nitrogen and oxygen atoms in total. The highest BCUT2D eigenvalue weighted by molar-refractivity contribution is 8.14. The predicted molar refractivity (Wildman–Crippen MR) is 73.1 cm³/mol. The molecule has 0 saturated carbocycles. The van der Waals surface area contributed by atoms with Crippen LogP contribution in [0.25, 0.3) is 10.8 Å². The van der Waals surface area contributed by atoms with Crippen LogP contribution in [-0.4, -0.2) is 36.3 Å². The second-order valence-corrected chi connectivity index (χ2v) is 8.04. The molecular weight excluding hydrogens is 326 g/mol. The summed E-state index contributed by atoms with van der Waals surface area (Å²) in [6.45, 7) is -0.00253. The van der Waals surface area contributed by atoms with Gasteiger partial charge in [0.1, 0.15) is 5.25 Å². The molecule has 2 aromatic heterocycles. The van der Waals surface area contributed by atoms with Gasteiger partial charge in [-0.25, -0.2) is 8.42 Å². The molecule has 0 N–H and O–H groups in total. The number of anilines is 1. The van der Waals surface area contributed by atoms with Gasteiger partial charge in [0.05, 0.1) is 6.26 Å². The number of nitrogens with zero attached hydrogens (tertiary/aromatic N) is 3. The normalized spacial score (nSPS) is 19.8. The first-order valence-corrected chi connectivity index (χ1v) is 8.75. The van der Waals surface area contributed by atoms with E-state index in [0.717, 1.165) is 11.3 Å². The van der Waals surface area contributed by atoms with Gasteiger partial charge >= 0.3 is 0 Å². The second kappa shape index (κ2) is 4.83. The van der Waals surface area contributed by atoms with Crippen LogP contribution in [-0.2, 0) is 13.8 Å². The molecule has 0 aromatic carbocycles. The molecule has 1 aliphatic heterocycles. The van der Waals surface area contributed by atoms with Gasteiger partial charge in [-0.2, -0.15) is 0 Å². The summed E-state index contributed by atoms with van der Waals surface area (Å²) in [5, 5.41) is 7.77. The van der Waals surface area contributed by atoms with E-state index in [2.05, 4.69) is 10.2 Å². The van der Waals surface area contributed by atoms with Gasteiger partial charge in [0.15, 0.2) is 10.8 Å².